The van der Waals surface area contributed by atoms with Crippen molar-refractivity contribution in [2.24, 2.45) is 0 Å². The summed E-state index contributed by atoms with van der Waals surface area (Å²) in [4.78, 5) is 28.7. The Bertz CT molecular complexity index is 848. The van der Waals surface area contributed by atoms with Gasteiger partial charge in [0.2, 0.25) is 0 Å². The molecule has 2 aromatic carbocycles. The number of rotatable bonds is 8. The summed E-state index contributed by atoms with van der Waals surface area (Å²) in [6.07, 6.45) is 4.53. The molecule has 0 fully saturated rings. The van der Waals surface area contributed by atoms with Crippen LogP contribution in [-0.2, 0) is 32.3 Å². The van der Waals surface area contributed by atoms with Crippen molar-refractivity contribution in [2.45, 2.75) is 25.7 Å². The van der Waals surface area contributed by atoms with Crippen molar-refractivity contribution in [3.8, 4) is 0 Å². The molecule has 138 valence electrons. The molecular weight excluding hydrogens is 344 g/mol. The van der Waals surface area contributed by atoms with E-state index in [4.69, 9.17) is 9.47 Å². The Hall–Kier alpha value is -3.41. The lowest BCUT2D eigenvalue weighted by molar-refractivity contribution is -0.155. The minimum absolute atomic E-state index is 0.128. The first kappa shape index (κ1) is 18.4. The summed E-state index contributed by atoms with van der Waals surface area (Å²) in [7, 11) is 0. The molecule has 3 rings (SSSR count). The molecule has 0 aliphatic rings. The van der Waals surface area contributed by atoms with Crippen molar-refractivity contribution in [3.63, 3.8) is 0 Å². The van der Waals surface area contributed by atoms with Gasteiger partial charge in [-0.25, -0.2) is 9.78 Å². The van der Waals surface area contributed by atoms with E-state index >= 15 is 0 Å². The van der Waals surface area contributed by atoms with E-state index in [1.54, 1.807) is 17.0 Å². The molecule has 27 heavy (non-hydrogen) atoms. The minimum Gasteiger partial charge on any atom is -0.461 e. The van der Waals surface area contributed by atoms with Crippen LogP contribution >= 0.6 is 0 Å². The average Bonchev–Trinajstić information content (AvgIpc) is 3.25. The number of imidazole rings is 1. The maximum atomic E-state index is 12.5. The monoisotopic (exact) mass is 364 g/mol. The Kier molecular flexibility index (Phi) is 6.35. The van der Waals surface area contributed by atoms with Crippen LogP contribution in [0.3, 0.4) is 0 Å². The number of ether oxygens (including phenoxy) is 2. The van der Waals surface area contributed by atoms with Crippen molar-refractivity contribution in [2.75, 3.05) is 0 Å². The second-order valence-electron chi connectivity index (χ2n) is 5.97. The van der Waals surface area contributed by atoms with E-state index in [1.165, 1.54) is 6.33 Å². The maximum absolute atomic E-state index is 12.5. The summed E-state index contributed by atoms with van der Waals surface area (Å²) in [6.45, 7) is 0.305. The molecule has 0 radical (unpaired) electrons. The second-order valence-corrected chi connectivity index (χ2v) is 5.97. The average molecular weight is 364 g/mol. The highest BCUT2D eigenvalue weighted by atomic mass is 16.5. The van der Waals surface area contributed by atoms with E-state index in [0.29, 0.717) is 0 Å². The zero-order valence-electron chi connectivity index (χ0n) is 14.7. The van der Waals surface area contributed by atoms with E-state index in [2.05, 4.69) is 4.98 Å². The van der Waals surface area contributed by atoms with Gasteiger partial charge in [0.25, 0.3) is 0 Å². The van der Waals surface area contributed by atoms with Gasteiger partial charge in [-0.2, -0.15) is 0 Å². The number of hydrogen-bond acceptors (Lipinski definition) is 5. The first-order chi connectivity index (χ1) is 13.2. The molecule has 0 amide bonds. The fraction of sp³-hybridized carbons (Fsp3) is 0.190. The first-order valence-electron chi connectivity index (χ1n) is 8.60. The van der Waals surface area contributed by atoms with Crippen LogP contribution in [0.15, 0.2) is 79.4 Å². The lowest BCUT2D eigenvalue weighted by atomic mass is 10.2. The lowest BCUT2D eigenvalue weighted by Crippen LogP contribution is -2.24. The summed E-state index contributed by atoms with van der Waals surface area (Å²) in [5.41, 5.74) is 1.76. The van der Waals surface area contributed by atoms with Crippen LogP contribution in [0.25, 0.3) is 0 Å². The molecule has 1 heterocycles. The fourth-order valence-electron chi connectivity index (χ4n) is 2.54. The van der Waals surface area contributed by atoms with Crippen molar-refractivity contribution in [1.82, 2.24) is 9.55 Å². The molecule has 3 aromatic rings. The zero-order valence-corrected chi connectivity index (χ0v) is 14.7. The molecular formula is C21H20N2O4. The van der Waals surface area contributed by atoms with Gasteiger partial charge in [0, 0.05) is 12.4 Å². The number of nitrogens with zero attached hydrogens (tertiary/aromatic N) is 2. The van der Waals surface area contributed by atoms with Gasteiger partial charge in [-0.3, -0.25) is 4.79 Å². The minimum atomic E-state index is -0.820. The number of carbonyl (C=O) groups is 2. The summed E-state index contributed by atoms with van der Waals surface area (Å²) in [5.74, 6) is -0.984. The van der Waals surface area contributed by atoms with Crippen LogP contribution in [0, 0.1) is 0 Å². The van der Waals surface area contributed by atoms with Crippen LogP contribution in [0.1, 0.15) is 23.6 Å². The van der Waals surface area contributed by atoms with Crippen molar-refractivity contribution < 1.29 is 19.1 Å². The highest BCUT2D eigenvalue weighted by molar-refractivity contribution is 5.81. The Morgan fingerprint density at radius 3 is 2.04 bits per heavy atom. The molecule has 0 bridgehead atoms. The molecule has 6 nitrogen and oxygen atoms in total. The molecule has 6 heteroatoms. The smallest absolute Gasteiger partial charge is 0.330 e. The molecule has 0 saturated heterocycles. The van der Waals surface area contributed by atoms with E-state index in [1.807, 2.05) is 60.7 Å². The van der Waals surface area contributed by atoms with Gasteiger partial charge >= 0.3 is 11.9 Å². The normalized spacial score (nSPS) is 11.6. The number of carbonyl (C=O) groups excluding carboxylic acids is 2. The summed E-state index contributed by atoms with van der Waals surface area (Å²) in [6, 6.07) is 17.9. The lowest BCUT2D eigenvalue weighted by Gasteiger charge is -2.17. The molecule has 1 atom stereocenters. The van der Waals surface area contributed by atoms with Crippen molar-refractivity contribution in [1.29, 1.82) is 0 Å². The largest absolute Gasteiger partial charge is 0.461 e. The molecule has 0 aliphatic carbocycles. The standard InChI is InChI=1S/C21H20N2O4/c24-20(26-14-17-7-3-1-4-8-17)13-19(23-12-11-22-16-23)21(25)27-15-18-9-5-2-6-10-18/h1-12,16,19H,13-15H2/t19-/m0/s1. The molecule has 0 unspecified atom stereocenters. The van der Waals surface area contributed by atoms with E-state index in [0.717, 1.165) is 11.1 Å². The number of aromatic nitrogens is 2. The summed E-state index contributed by atoms with van der Waals surface area (Å²) in [5, 5.41) is 0. The third kappa shape index (κ3) is 5.54. The Balaban J connectivity index is 1.59. The van der Waals surface area contributed by atoms with Gasteiger partial charge in [-0.1, -0.05) is 60.7 Å². The summed E-state index contributed by atoms with van der Waals surface area (Å²) >= 11 is 0. The Morgan fingerprint density at radius 2 is 1.48 bits per heavy atom. The predicted molar refractivity (Wildman–Crippen MR) is 98.4 cm³/mol. The van der Waals surface area contributed by atoms with E-state index < -0.39 is 18.0 Å². The van der Waals surface area contributed by atoms with Crippen molar-refractivity contribution >= 4 is 11.9 Å². The van der Waals surface area contributed by atoms with Gasteiger partial charge in [-0.05, 0) is 11.1 Å². The van der Waals surface area contributed by atoms with Crippen molar-refractivity contribution in [3.05, 3.63) is 90.5 Å². The van der Waals surface area contributed by atoms with E-state index in [-0.39, 0.29) is 19.6 Å². The van der Waals surface area contributed by atoms with Gasteiger partial charge in [0.15, 0.2) is 0 Å². The Labute approximate surface area is 157 Å². The van der Waals surface area contributed by atoms with Crippen LogP contribution in [0.5, 0.6) is 0 Å². The summed E-state index contributed by atoms with van der Waals surface area (Å²) < 4.78 is 12.2. The van der Waals surface area contributed by atoms with Crippen LogP contribution in [0.2, 0.25) is 0 Å². The van der Waals surface area contributed by atoms with Gasteiger partial charge < -0.3 is 14.0 Å². The maximum Gasteiger partial charge on any atom is 0.330 e. The van der Waals surface area contributed by atoms with E-state index in [9.17, 15) is 9.59 Å². The zero-order chi connectivity index (χ0) is 18.9. The molecule has 0 N–H and O–H groups in total. The molecule has 0 aliphatic heterocycles. The van der Waals surface area contributed by atoms with Crippen LogP contribution in [-0.4, -0.2) is 21.5 Å². The quantitative estimate of drug-likeness (QED) is 0.574. The third-order valence-corrected chi connectivity index (χ3v) is 3.98. The topological polar surface area (TPSA) is 70.4 Å². The Morgan fingerprint density at radius 1 is 0.889 bits per heavy atom. The molecule has 0 spiro atoms. The third-order valence-electron chi connectivity index (χ3n) is 3.98. The number of benzene rings is 2. The SMILES string of the molecule is O=C(C[C@@H](C(=O)OCc1ccccc1)n1ccnc1)OCc1ccccc1. The number of esters is 2. The highest BCUT2D eigenvalue weighted by Gasteiger charge is 2.26. The molecule has 1 aromatic heterocycles. The second kappa shape index (κ2) is 9.33. The highest BCUT2D eigenvalue weighted by Crippen LogP contribution is 2.16. The van der Waals surface area contributed by atoms with Crippen LogP contribution < -0.4 is 0 Å². The number of hydrogen-bond donors (Lipinski definition) is 0. The van der Waals surface area contributed by atoms with Crippen LogP contribution in [0.4, 0.5) is 0 Å². The first-order valence-corrected chi connectivity index (χ1v) is 8.60. The molecule has 0 saturated carbocycles. The van der Waals surface area contributed by atoms with Gasteiger partial charge in [0.05, 0.1) is 12.7 Å². The predicted octanol–water partition coefficient (Wildman–Crippen LogP) is 3.30. The fourth-order valence-corrected chi connectivity index (χ4v) is 2.54. The van der Waals surface area contributed by atoms with Gasteiger partial charge in [0.1, 0.15) is 19.3 Å². The van der Waals surface area contributed by atoms with Gasteiger partial charge in [-0.15, -0.1) is 0 Å².